The summed E-state index contributed by atoms with van der Waals surface area (Å²) in [4.78, 5) is 5.08. The highest BCUT2D eigenvalue weighted by Crippen LogP contribution is 2.51. The van der Waals surface area contributed by atoms with Crippen LogP contribution in [-0.2, 0) is 0 Å². The van der Waals surface area contributed by atoms with E-state index in [4.69, 9.17) is 4.99 Å². The fraction of sp³-hybridized carbons (Fsp3) is 0.0227. The lowest BCUT2D eigenvalue weighted by molar-refractivity contribution is 0.757. The fourth-order valence-corrected chi connectivity index (χ4v) is 9.32. The number of benzene rings is 6. The minimum atomic E-state index is -0.0350. The molecule has 49 heavy (non-hydrogen) atoms. The van der Waals surface area contributed by atoms with Gasteiger partial charge in [0.15, 0.2) is 0 Å². The number of nitrogens with one attached hydrogen (secondary N) is 1. The van der Waals surface area contributed by atoms with Gasteiger partial charge in [-0.25, -0.2) is 0 Å². The number of hydrogen-bond donors (Lipinski definition) is 1. The van der Waals surface area contributed by atoms with Crippen molar-refractivity contribution >= 4 is 86.7 Å². The normalized spacial score (nSPS) is 16.0. The SMILES string of the molecule is C1=CC2NC(n3c4ccccc4c4c5sc6ccccc6c5c5c6ccccc6n(-c6ccccc6)c5c43)=CC=C2N=C1c1ccccc1. The van der Waals surface area contributed by atoms with Crippen molar-refractivity contribution in [3.05, 3.63) is 169 Å². The molecule has 0 radical (unpaired) electrons. The third-order valence-electron chi connectivity index (χ3n) is 10.1. The van der Waals surface area contributed by atoms with Crippen LogP contribution in [0.2, 0.25) is 0 Å². The van der Waals surface area contributed by atoms with Gasteiger partial charge in [-0.2, -0.15) is 0 Å². The average Bonchev–Trinajstić information content (AvgIpc) is 3.83. The standard InChI is InChI=1S/C44H28N4S/c1-3-13-27(14-4-1)32-23-24-34-33(45-32)25-26-38(46-34)48-36-21-11-8-18-30(36)41-43(48)42-39(40-31-19-9-12-22-37(31)49-44(40)41)29-17-7-10-20-35(29)47(42)28-15-5-2-6-16-28/h1-26,34,46H. The van der Waals surface area contributed by atoms with E-state index in [2.05, 4.69) is 166 Å². The van der Waals surface area contributed by atoms with Crippen LogP contribution >= 0.6 is 11.3 Å². The number of fused-ring (bicyclic) bond motifs is 13. The Morgan fingerprint density at radius 3 is 2.00 bits per heavy atom. The predicted octanol–water partition coefficient (Wildman–Crippen LogP) is 11.0. The summed E-state index contributed by atoms with van der Waals surface area (Å²) in [5, 5.41) is 11.7. The quantitative estimate of drug-likeness (QED) is 0.204. The van der Waals surface area contributed by atoms with Crippen LogP contribution in [0.4, 0.5) is 0 Å². The third kappa shape index (κ3) is 3.76. The molecule has 0 amide bonds. The van der Waals surface area contributed by atoms with E-state index in [0.717, 1.165) is 28.5 Å². The number of thiophene rings is 1. The van der Waals surface area contributed by atoms with Gasteiger partial charge in [-0.3, -0.25) is 9.56 Å². The summed E-state index contributed by atoms with van der Waals surface area (Å²) in [7, 11) is 0. The second kappa shape index (κ2) is 10.2. The third-order valence-corrected chi connectivity index (χ3v) is 11.3. The molecule has 5 heteroatoms. The molecule has 4 nitrogen and oxygen atoms in total. The summed E-state index contributed by atoms with van der Waals surface area (Å²) in [6.07, 6.45) is 8.78. The van der Waals surface area contributed by atoms with Gasteiger partial charge in [-0.15, -0.1) is 11.3 Å². The summed E-state index contributed by atoms with van der Waals surface area (Å²) in [6, 6.07) is 47.9. The predicted molar refractivity (Wildman–Crippen MR) is 208 cm³/mol. The molecule has 0 aliphatic carbocycles. The highest BCUT2D eigenvalue weighted by molar-refractivity contribution is 7.27. The van der Waals surface area contributed by atoms with Gasteiger partial charge in [0.2, 0.25) is 0 Å². The van der Waals surface area contributed by atoms with Crippen LogP contribution < -0.4 is 5.32 Å². The lowest BCUT2D eigenvalue weighted by Gasteiger charge is -2.27. The maximum Gasteiger partial charge on any atom is 0.111 e. The molecule has 1 unspecified atom stereocenters. The maximum absolute atomic E-state index is 5.08. The highest BCUT2D eigenvalue weighted by Gasteiger charge is 2.29. The number of dihydropyridines is 2. The van der Waals surface area contributed by atoms with Crippen LogP contribution in [0.3, 0.4) is 0 Å². The van der Waals surface area contributed by atoms with E-state index in [1.807, 2.05) is 17.4 Å². The molecule has 9 aromatic rings. The Labute approximate surface area is 285 Å². The van der Waals surface area contributed by atoms with Gasteiger partial charge in [0.25, 0.3) is 0 Å². The van der Waals surface area contributed by atoms with Gasteiger partial charge in [-0.1, -0.05) is 109 Å². The van der Waals surface area contributed by atoms with Crippen molar-refractivity contribution in [1.82, 2.24) is 14.5 Å². The lowest BCUT2D eigenvalue weighted by atomic mass is 10.0. The van der Waals surface area contributed by atoms with Crippen LogP contribution in [0.1, 0.15) is 5.56 Å². The minimum Gasteiger partial charge on any atom is -0.359 e. The van der Waals surface area contributed by atoms with Gasteiger partial charge in [-0.05, 0) is 48.6 Å². The van der Waals surface area contributed by atoms with E-state index in [1.54, 1.807) is 0 Å². The summed E-state index contributed by atoms with van der Waals surface area (Å²) in [6.45, 7) is 0. The van der Waals surface area contributed by atoms with Gasteiger partial charge >= 0.3 is 0 Å². The Morgan fingerprint density at radius 2 is 1.20 bits per heavy atom. The van der Waals surface area contributed by atoms with Crippen LogP contribution in [-0.4, -0.2) is 20.9 Å². The Bertz CT molecular complexity index is 2950. The second-order valence-electron chi connectivity index (χ2n) is 12.8. The number of para-hydroxylation sites is 3. The molecule has 1 atom stereocenters. The average molecular weight is 645 g/mol. The number of aromatic nitrogens is 2. The van der Waals surface area contributed by atoms with E-state index < -0.39 is 0 Å². The van der Waals surface area contributed by atoms with E-state index in [9.17, 15) is 0 Å². The molecule has 3 aromatic heterocycles. The molecule has 230 valence electrons. The maximum atomic E-state index is 5.08. The lowest BCUT2D eigenvalue weighted by Crippen LogP contribution is -2.33. The van der Waals surface area contributed by atoms with E-state index in [0.29, 0.717) is 0 Å². The first-order chi connectivity index (χ1) is 24.3. The van der Waals surface area contributed by atoms with E-state index in [1.165, 1.54) is 63.8 Å². The van der Waals surface area contributed by atoms with Crippen LogP contribution in [0.15, 0.2) is 168 Å². The summed E-state index contributed by atoms with van der Waals surface area (Å²) in [5.74, 6) is 1.04. The molecule has 0 fully saturated rings. The molecule has 6 aromatic carbocycles. The van der Waals surface area contributed by atoms with Crippen molar-refractivity contribution in [2.24, 2.45) is 4.99 Å². The molecule has 1 N–H and O–H groups in total. The van der Waals surface area contributed by atoms with Crippen molar-refractivity contribution in [2.75, 3.05) is 0 Å². The first-order valence-electron chi connectivity index (χ1n) is 16.7. The molecule has 0 saturated carbocycles. The van der Waals surface area contributed by atoms with Crippen LogP contribution in [0, 0.1) is 0 Å². The van der Waals surface area contributed by atoms with Crippen molar-refractivity contribution in [3.8, 4) is 5.69 Å². The molecule has 0 spiro atoms. The largest absolute Gasteiger partial charge is 0.359 e. The number of hydrogen-bond acceptors (Lipinski definition) is 3. The Balaban J connectivity index is 1.31. The van der Waals surface area contributed by atoms with Crippen molar-refractivity contribution in [2.45, 2.75) is 6.04 Å². The molecule has 2 aliphatic heterocycles. The number of aliphatic imine (C=N–C) groups is 1. The zero-order valence-corrected chi connectivity index (χ0v) is 27.2. The van der Waals surface area contributed by atoms with Crippen molar-refractivity contribution in [1.29, 1.82) is 0 Å². The number of allylic oxidation sites excluding steroid dienone is 3. The fourth-order valence-electron chi connectivity index (χ4n) is 8.05. The van der Waals surface area contributed by atoms with Gasteiger partial charge in [0.1, 0.15) is 5.82 Å². The minimum absolute atomic E-state index is 0.0350. The first kappa shape index (κ1) is 26.9. The van der Waals surface area contributed by atoms with Gasteiger partial charge in [0.05, 0.1) is 39.5 Å². The summed E-state index contributed by atoms with van der Waals surface area (Å²) < 4.78 is 7.58. The second-order valence-corrected chi connectivity index (χ2v) is 13.8. The highest BCUT2D eigenvalue weighted by atomic mass is 32.1. The molecule has 2 aliphatic rings. The van der Waals surface area contributed by atoms with Gasteiger partial charge < -0.3 is 9.88 Å². The van der Waals surface area contributed by atoms with Crippen molar-refractivity contribution < 1.29 is 0 Å². The van der Waals surface area contributed by atoms with E-state index >= 15 is 0 Å². The number of nitrogens with zero attached hydrogens (tertiary/aromatic N) is 3. The smallest absolute Gasteiger partial charge is 0.111 e. The van der Waals surface area contributed by atoms with Crippen LogP contribution in [0.5, 0.6) is 0 Å². The monoisotopic (exact) mass is 644 g/mol. The zero-order chi connectivity index (χ0) is 32.1. The molecule has 0 bridgehead atoms. The van der Waals surface area contributed by atoms with Gasteiger partial charge in [0, 0.05) is 53.0 Å². The zero-order valence-electron chi connectivity index (χ0n) is 26.3. The van der Waals surface area contributed by atoms with E-state index in [-0.39, 0.29) is 6.04 Å². The Kier molecular flexibility index (Phi) is 5.57. The number of rotatable bonds is 3. The molecular formula is C44H28N4S. The first-order valence-corrected chi connectivity index (χ1v) is 17.5. The molecular weight excluding hydrogens is 617 g/mol. The molecule has 11 rings (SSSR count). The van der Waals surface area contributed by atoms with Crippen LogP contribution in [0.25, 0.3) is 75.3 Å². The molecule has 5 heterocycles. The summed E-state index contributed by atoms with van der Waals surface area (Å²) >= 11 is 1.91. The van der Waals surface area contributed by atoms with Crippen molar-refractivity contribution in [3.63, 3.8) is 0 Å². The Morgan fingerprint density at radius 1 is 0.571 bits per heavy atom. The Hall–Kier alpha value is -6.17. The summed E-state index contributed by atoms with van der Waals surface area (Å²) in [5.41, 5.74) is 9.08. The topological polar surface area (TPSA) is 34.2 Å². The molecule has 0 saturated heterocycles.